The molecule has 2 saturated heterocycles. The number of rotatable bonds is 3. The van der Waals surface area contributed by atoms with Gasteiger partial charge < -0.3 is 15.1 Å². The lowest BCUT2D eigenvalue weighted by Gasteiger charge is -2.44. The van der Waals surface area contributed by atoms with E-state index in [1.165, 1.54) is 5.56 Å². The fourth-order valence-electron chi connectivity index (χ4n) is 4.58. The molecular formula is C21H29N3O2. The van der Waals surface area contributed by atoms with Gasteiger partial charge in [0.2, 0.25) is 5.91 Å². The summed E-state index contributed by atoms with van der Waals surface area (Å²) in [4.78, 5) is 29.5. The van der Waals surface area contributed by atoms with Crippen molar-refractivity contribution in [2.24, 2.45) is 5.92 Å². The smallest absolute Gasteiger partial charge is 0.320 e. The number of carbonyl (C=O) groups excluding carboxylic acids is 2. The molecule has 1 N–H and O–H groups in total. The summed E-state index contributed by atoms with van der Waals surface area (Å²) in [7, 11) is 0. The quantitative estimate of drug-likeness (QED) is 0.906. The average Bonchev–Trinajstić information content (AvgIpc) is 3.19. The minimum Gasteiger partial charge on any atom is -0.346 e. The molecule has 4 rings (SSSR count). The molecule has 1 aromatic carbocycles. The molecule has 3 aliphatic rings. The summed E-state index contributed by atoms with van der Waals surface area (Å²) < 4.78 is 0. The van der Waals surface area contributed by atoms with E-state index in [0.29, 0.717) is 6.54 Å². The van der Waals surface area contributed by atoms with Crippen LogP contribution >= 0.6 is 0 Å². The predicted molar refractivity (Wildman–Crippen MR) is 101 cm³/mol. The van der Waals surface area contributed by atoms with Crippen LogP contribution in [0.5, 0.6) is 0 Å². The second-order valence-corrected chi connectivity index (χ2v) is 8.05. The van der Waals surface area contributed by atoms with Crippen LogP contribution in [-0.4, -0.2) is 47.9 Å². The summed E-state index contributed by atoms with van der Waals surface area (Å²) in [6.45, 7) is 3.07. The molecule has 1 saturated carbocycles. The molecule has 0 radical (unpaired) electrons. The van der Waals surface area contributed by atoms with Gasteiger partial charge in [0.1, 0.15) is 0 Å². The molecule has 0 aromatic heterocycles. The zero-order valence-corrected chi connectivity index (χ0v) is 15.5. The number of nitrogens with one attached hydrogen (secondary N) is 1. The molecular weight excluding hydrogens is 326 g/mol. The van der Waals surface area contributed by atoms with E-state index in [1.807, 2.05) is 28.0 Å². The molecule has 140 valence electrons. The lowest BCUT2D eigenvalue weighted by atomic mass is 9.71. The molecule has 26 heavy (non-hydrogen) atoms. The molecule has 5 heteroatoms. The Morgan fingerprint density at radius 1 is 0.923 bits per heavy atom. The van der Waals surface area contributed by atoms with Gasteiger partial charge in [0, 0.05) is 26.2 Å². The van der Waals surface area contributed by atoms with Crippen LogP contribution in [0, 0.1) is 5.92 Å². The van der Waals surface area contributed by atoms with Gasteiger partial charge in [0.25, 0.3) is 0 Å². The van der Waals surface area contributed by atoms with Gasteiger partial charge in [0.15, 0.2) is 0 Å². The minimum atomic E-state index is -0.195. The third-order valence-corrected chi connectivity index (χ3v) is 6.34. The standard InChI is InChI=1S/C21H29N3O2/c25-19(22-21(11-7-12-21)18-9-2-1-3-10-18)17-8-6-15-24(16-17)20(26)23-13-4-5-14-23/h1-3,9-10,17H,4-8,11-16H2,(H,22,25). The number of hydrogen-bond acceptors (Lipinski definition) is 2. The van der Waals surface area contributed by atoms with Gasteiger partial charge in [-0.25, -0.2) is 4.79 Å². The SMILES string of the molecule is O=C(NC1(c2ccccc2)CCC1)C1CCCN(C(=O)N2CCCC2)C1. The zero-order chi connectivity index (χ0) is 18.0. The Kier molecular flexibility index (Phi) is 4.88. The summed E-state index contributed by atoms with van der Waals surface area (Å²) in [5.74, 6) is 0.0314. The van der Waals surface area contributed by atoms with Crippen molar-refractivity contribution in [2.45, 2.75) is 50.5 Å². The number of piperidine rings is 1. The highest BCUT2D eigenvalue weighted by molar-refractivity contribution is 5.82. The van der Waals surface area contributed by atoms with Crippen molar-refractivity contribution >= 4 is 11.9 Å². The van der Waals surface area contributed by atoms with Crippen LogP contribution < -0.4 is 5.32 Å². The Morgan fingerprint density at radius 3 is 2.27 bits per heavy atom. The van der Waals surface area contributed by atoms with Crippen LogP contribution in [0.1, 0.15) is 50.5 Å². The normalized spacial score (nSPS) is 24.8. The predicted octanol–water partition coefficient (Wildman–Crippen LogP) is 3.11. The second-order valence-electron chi connectivity index (χ2n) is 8.05. The van der Waals surface area contributed by atoms with Crippen LogP contribution in [0.25, 0.3) is 0 Å². The van der Waals surface area contributed by atoms with E-state index in [1.54, 1.807) is 0 Å². The van der Waals surface area contributed by atoms with E-state index in [0.717, 1.165) is 64.6 Å². The van der Waals surface area contributed by atoms with Crippen molar-refractivity contribution in [1.82, 2.24) is 15.1 Å². The number of carbonyl (C=O) groups is 2. The molecule has 1 unspecified atom stereocenters. The molecule has 2 aliphatic heterocycles. The summed E-state index contributed by atoms with van der Waals surface area (Å²) in [6, 6.07) is 10.5. The Hall–Kier alpha value is -2.04. The van der Waals surface area contributed by atoms with Gasteiger partial charge in [-0.1, -0.05) is 30.3 Å². The summed E-state index contributed by atoms with van der Waals surface area (Å²) in [5, 5.41) is 3.35. The number of amides is 3. The summed E-state index contributed by atoms with van der Waals surface area (Å²) >= 11 is 0. The van der Waals surface area contributed by atoms with Crippen molar-refractivity contribution in [3.8, 4) is 0 Å². The molecule has 3 fully saturated rings. The van der Waals surface area contributed by atoms with Crippen LogP contribution in [0.2, 0.25) is 0 Å². The fourth-order valence-corrected chi connectivity index (χ4v) is 4.58. The van der Waals surface area contributed by atoms with E-state index >= 15 is 0 Å². The van der Waals surface area contributed by atoms with Crippen LogP contribution in [0.15, 0.2) is 30.3 Å². The van der Waals surface area contributed by atoms with Crippen molar-refractivity contribution < 1.29 is 9.59 Å². The van der Waals surface area contributed by atoms with Gasteiger partial charge in [-0.05, 0) is 50.5 Å². The first-order chi connectivity index (χ1) is 12.7. The topological polar surface area (TPSA) is 52.7 Å². The highest BCUT2D eigenvalue weighted by Gasteiger charge is 2.42. The maximum Gasteiger partial charge on any atom is 0.320 e. The van der Waals surface area contributed by atoms with Crippen molar-refractivity contribution in [3.63, 3.8) is 0 Å². The number of urea groups is 1. The van der Waals surface area contributed by atoms with Gasteiger partial charge >= 0.3 is 6.03 Å². The third-order valence-electron chi connectivity index (χ3n) is 6.34. The van der Waals surface area contributed by atoms with Gasteiger partial charge in [0.05, 0.1) is 11.5 Å². The Bertz CT molecular complexity index is 650. The second kappa shape index (κ2) is 7.29. The largest absolute Gasteiger partial charge is 0.346 e. The fraction of sp³-hybridized carbons (Fsp3) is 0.619. The van der Waals surface area contributed by atoms with Crippen LogP contribution in [-0.2, 0) is 10.3 Å². The number of benzene rings is 1. The molecule has 1 atom stereocenters. The first-order valence-electron chi connectivity index (χ1n) is 10.1. The lowest BCUT2D eigenvalue weighted by molar-refractivity contribution is -0.129. The van der Waals surface area contributed by atoms with E-state index in [-0.39, 0.29) is 23.4 Å². The lowest BCUT2D eigenvalue weighted by Crippen LogP contribution is -2.55. The molecule has 5 nitrogen and oxygen atoms in total. The molecule has 2 heterocycles. The Balaban J connectivity index is 1.40. The van der Waals surface area contributed by atoms with E-state index in [9.17, 15) is 9.59 Å². The monoisotopic (exact) mass is 355 g/mol. The van der Waals surface area contributed by atoms with Gasteiger partial charge in [-0.2, -0.15) is 0 Å². The maximum absolute atomic E-state index is 13.0. The molecule has 1 aromatic rings. The molecule has 0 bridgehead atoms. The summed E-state index contributed by atoms with van der Waals surface area (Å²) in [6.07, 6.45) is 7.15. The number of nitrogens with zero attached hydrogens (tertiary/aromatic N) is 2. The highest BCUT2D eigenvalue weighted by atomic mass is 16.2. The van der Waals surface area contributed by atoms with Crippen LogP contribution in [0.4, 0.5) is 4.79 Å². The van der Waals surface area contributed by atoms with Crippen LogP contribution in [0.3, 0.4) is 0 Å². The Labute approximate surface area is 155 Å². The average molecular weight is 355 g/mol. The number of hydrogen-bond donors (Lipinski definition) is 1. The minimum absolute atomic E-state index is 0.0866. The van der Waals surface area contributed by atoms with Crippen molar-refractivity contribution in [3.05, 3.63) is 35.9 Å². The molecule has 3 amide bonds. The van der Waals surface area contributed by atoms with Gasteiger partial charge in [-0.3, -0.25) is 4.79 Å². The highest BCUT2D eigenvalue weighted by Crippen LogP contribution is 2.41. The molecule has 1 aliphatic carbocycles. The van der Waals surface area contributed by atoms with Crippen molar-refractivity contribution in [1.29, 1.82) is 0 Å². The maximum atomic E-state index is 13.0. The zero-order valence-electron chi connectivity index (χ0n) is 15.5. The number of likely N-dealkylation sites (tertiary alicyclic amines) is 2. The van der Waals surface area contributed by atoms with E-state index < -0.39 is 0 Å². The summed E-state index contributed by atoms with van der Waals surface area (Å²) in [5.41, 5.74) is 1.01. The van der Waals surface area contributed by atoms with Crippen molar-refractivity contribution in [2.75, 3.05) is 26.2 Å². The molecule has 0 spiro atoms. The first kappa shape index (κ1) is 17.4. The third kappa shape index (κ3) is 3.31. The van der Waals surface area contributed by atoms with E-state index in [4.69, 9.17) is 0 Å². The van der Waals surface area contributed by atoms with E-state index in [2.05, 4.69) is 17.4 Å². The first-order valence-corrected chi connectivity index (χ1v) is 10.1. The Morgan fingerprint density at radius 2 is 1.62 bits per heavy atom. The van der Waals surface area contributed by atoms with Gasteiger partial charge in [-0.15, -0.1) is 0 Å².